The van der Waals surface area contributed by atoms with Crippen LogP contribution in [0.4, 0.5) is 4.79 Å². The zero-order valence-corrected chi connectivity index (χ0v) is 15.6. The average molecular weight is 383 g/mol. The van der Waals surface area contributed by atoms with Gasteiger partial charge in [-0.3, -0.25) is 4.79 Å². The smallest absolute Gasteiger partial charge is 0.407 e. The number of nitrogens with one attached hydrogen (secondary N) is 1. The summed E-state index contributed by atoms with van der Waals surface area (Å²) in [4.78, 5) is 23.8. The molecule has 5 nitrogen and oxygen atoms in total. The van der Waals surface area contributed by atoms with Gasteiger partial charge in [0, 0.05) is 18.2 Å². The average Bonchev–Trinajstić information content (AvgIpc) is 3.29. The normalized spacial score (nSPS) is 20.7. The number of rotatable bonds is 5. The van der Waals surface area contributed by atoms with Crippen molar-refractivity contribution in [2.45, 2.75) is 12.3 Å². The van der Waals surface area contributed by atoms with Crippen LogP contribution in [0.15, 0.2) is 48.5 Å². The highest BCUT2D eigenvalue weighted by Gasteiger charge is 2.42. The number of benzene rings is 2. The van der Waals surface area contributed by atoms with E-state index < -0.39 is 17.5 Å². The predicted molar refractivity (Wildman–Crippen MR) is 105 cm³/mol. The molecule has 0 radical (unpaired) electrons. The summed E-state index contributed by atoms with van der Waals surface area (Å²) in [5.74, 6) is 0.468. The zero-order valence-electron chi connectivity index (χ0n) is 14.8. The van der Waals surface area contributed by atoms with Crippen LogP contribution in [0.3, 0.4) is 0 Å². The summed E-state index contributed by atoms with van der Waals surface area (Å²) in [5.41, 5.74) is 3.78. The third kappa shape index (κ3) is 3.30. The minimum Gasteiger partial charge on any atom is -0.481 e. The molecule has 27 heavy (non-hydrogen) atoms. The molecule has 0 spiro atoms. The molecule has 1 aliphatic heterocycles. The highest BCUT2D eigenvalue weighted by atomic mass is 32.2. The number of carboxylic acids is 1. The summed E-state index contributed by atoms with van der Waals surface area (Å²) in [6, 6.07) is 16.3. The Morgan fingerprint density at radius 1 is 1.11 bits per heavy atom. The Hall–Kier alpha value is -2.47. The predicted octanol–water partition coefficient (Wildman–Crippen LogP) is 3.73. The zero-order chi connectivity index (χ0) is 18.9. The molecule has 2 aliphatic rings. The first-order chi connectivity index (χ1) is 13.1. The maximum atomic E-state index is 12.2. The SMILES string of the molecule is O=C(NCC1(C(=O)O)CCSC1)OCC1c2ccccc2-c2ccccc21. The van der Waals surface area contributed by atoms with Crippen molar-refractivity contribution in [3.63, 3.8) is 0 Å². The van der Waals surface area contributed by atoms with Crippen molar-refractivity contribution < 1.29 is 19.4 Å². The van der Waals surface area contributed by atoms with Crippen molar-refractivity contribution >= 4 is 23.8 Å². The molecule has 0 saturated carbocycles. The van der Waals surface area contributed by atoms with Crippen LogP contribution in [0.25, 0.3) is 11.1 Å². The molecule has 1 unspecified atom stereocenters. The van der Waals surface area contributed by atoms with Gasteiger partial charge in [0.15, 0.2) is 0 Å². The number of carboxylic acid groups (broad SMARTS) is 1. The van der Waals surface area contributed by atoms with Crippen molar-refractivity contribution in [3.05, 3.63) is 59.7 Å². The van der Waals surface area contributed by atoms with Gasteiger partial charge in [-0.25, -0.2) is 4.79 Å². The minimum absolute atomic E-state index is 0.00128. The number of carbonyl (C=O) groups excluding carboxylic acids is 1. The van der Waals surface area contributed by atoms with Crippen LogP contribution in [-0.2, 0) is 9.53 Å². The maximum absolute atomic E-state index is 12.2. The van der Waals surface area contributed by atoms with Crippen molar-refractivity contribution in [1.29, 1.82) is 0 Å². The van der Waals surface area contributed by atoms with Gasteiger partial charge >= 0.3 is 12.1 Å². The molecule has 1 heterocycles. The van der Waals surface area contributed by atoms with E-state index in [-0.39, 0.29) is 19.1 Å². The Balaban J connectivity index is 1.42. The van der Waals surface area contributed by atoms with Crippen LogP contribution in [0.5, 0.6) is 0 Å². The third-order valence-corrected chi connectivity index (χ3v) is 6.72. The second-order valence-corrected chi connectivity index (χ2v) is 8.17. The number of ether oxygens (including phenoxy) is 1. The standard InChI is InChI=1S/C21H21NO4S/c23-19(24)21(9-10-27-13-21)12-22-20(25)26-11-18-16-7-3-1-5-14(16)15-6-2-4-8-17(15)18/h1-8,18H,9-13H2,(H,22,25)(H,23,24). The third-order valence-electron chi connectivity index (χ3n) is 5.47. The van der Waals surface area contributed by atoms with Crippen LogP contribution in [0, 0.1) is 5.41 Å². The van der Waals surface area contributed by atoms with Crippen molar-refractivity contribution in [2.75, 3.05) is 24.7 Å². The Kier molecular flexibility index (Phi) is 4.83. The number of hydrogen-bond acceptors (Lipinski definition) is 4. The Morgan fingerprint density at radius 3 is 2.30 bits per heavy atom. The molecule has 0 bridgehead atoms. The molecule has 2 aromatic rings. The van der Waals surface area contributed by atoms with Gasteiger partial charge in [0.2, 0.25) is 0 Å². The van der Waals surface area contributed by atoms with Crippen LogP contribution in [0.1, 0.15) is 23.5 Å². The van der Waals surface area contributed by atoms with E-state index in [1.165, 1.54) is 11.1 Å². The summed E-state index contributed by atoms with van der Waals surface area (Å²) in [7, 11) is 0. The van der Waals surface area contributed by atoms with E-state index in [1.54, 1.807) is 11.8 Å². The van der Waals surface area contributed by atoms with Gasteiger partial charge < -0.3 is 15.2 Å². The Morgan fingerprint density at radius 2 is 1.74 bits per heavy atom. The van der Waals surface area contributed by atoms with Crippen LogP contribution < -0.4 is 5.32 Å². The summed E-state index contributed by atoms with van der Waals surface area (Å²) in [6.45, 7) is 0.334. The summed E-state index contributed by atoms with van der Waals surface area (Å²) >= 11 is 1.61. The van der Waals surface area contributed by atoms with Gasteiger partial charge in [0.05, 0.1) is 5.41 Å². The van der Waals surface area contributed by atoms with Crippen molar-refractivity contribution in [1.82, 2.24) is 5.32 Å². The van der Waals surface area contributed by atoms with E-state index >= 15 is 0 Å². The fourth-order valence-electron chi connectivity index (χ4n) is 3.88. The molecule has 1 aliphatic carbocycles. The molecule has 1 atom stereocenters. The molecule has 6 heteroatoms. The van der Waals surface area contributed by atoms with E-state index in [1.807, 2.05) is 24.3 Å². The molecule has 0 aromatic heterocycles. The lowest BCUT2D eigenvalue weighted by molar-refractivity contribution is -0.147. The van der Waals surface area contributed by atoms with Crippen LogP contribution in [-0.4, -0.2) is 41.8 Å². The number of aliphatic carboxylic acids is 1. The lowest BCUT2D eigenvalue weighted by atomic mass is 9.88. The summed E-state index contributed by atoms with van der Waals surface area (Å²) in [6.07, 6.45) is 0.00537. The molecule has 2 N–H and O–H groups in total. The van der Waals surface area contributed by atoms with Crippen molar-refractivity contribution in [2.24, 2.45) is 5.41 Å². The highest BCUT2D eigenvalue weighted by molar-refractivity contribution is 7.99. The lowest BCUT2D eigenvalue weighted by Crippen LogP contribution is -2.43. The quantitative estimate of drug-likeness (QED) is 0.823. The van der Waals surface area contributed by atoms with Gasteiger partial charge in [0.25, 0.3) is 0 Å². The molecular weight excluding hydrogens is 362 g/mol. The van der Waals surface area contributed by atoms with Gasteiger partial charge in [-0.15, -0.1) is 0 Å². The second kappa shape index (κ2) is 7.27. The minimum atomic E-state index is -0.879. The van der Waals surface area contributed by atoms with E-state index in [2.05, 4.69) is 29.6 Å². The largest absolute Gasteiger partial charge is 0.481 e. The fraction of sp³-hybridized carbons (Fsp3) is 0.333. The van der Waals surface area contributed by atoms with E-state index in [4.69, 9.17) is 4.74 Å². The molecule has 4 rings (SSSR count). The lowest BCUT2D eigenvalue weighted by Gasteiger charge is -2.23. The molecule has 1 amide bonds. The number of hydrogen-bond donors (Lipinski definition) is 2. The summed E-state index contributed by atoms with van der Waals surface area (Å²) < 4.78 is 5.47. The summed E-state index contributed by atoms with van der Waals surface area (Å²) in [5, 5.41) is 12.2. The van der Waals surface area contributed by atoms with Crippen LogP contribution in [0.2, 0.25) is 0 Å². The molecular formula is C21H21NO4S. The Labute approximate surface area is 162 Å². The number of carbonyl (C=O) groups is 2. The van der Waals surface area contributed by atoms with E-state index in [9.17, 15) is 14.7 Å². The van der Waals surface area contributed by atoms with Gasteiger partial charge in [0.1, 0.15) is 6.61 Å². The molecule has 140 valence electrons. The molecule has 2 aromatic carbocycles. The van der Waals surface area contributed by atoms with E-state index in [0.717, 1.165) is 16.9 Å². The molecule has 1 saturated heterocycles. The fourth-order valence-corrected chi connectivity index (χ4v) is 5.32. The van der Waals surface area contributed by atoms with Crippen LogP contribution >= 0.6 is 11.8 Å². The van der Waals surface area contributed by atoms with Gasteiger partial charge in [-0.1, -0.05) is 48.5 Å². The maximum Gasteiger partial charge on any atom is 0.407 e. The second-order valence-electron chi connectivity index (χ2n) is 7.07. The van der Waals surface area contributed by atoms with Crippen molar-refractivity contribution in [3.8, 4) is 11.1 Å². The Bertz CT molecular complexity index is 830. The number of alkyl carbamates (subject to hydrolysis) is 1. The van der Waals surface area contributed by atoms with E-state index in [0.29, 0.717) is 12.2 Å². The monoisotopic (exact) mass is 383 g/mol. The topological polar surface area (TPSA) is 75.6 Å². The van der Waals surface area contributed by atoms with Gasteiger partial charge in [-0.2, -0.15) is 11.8 Å². The first kappa shape index (κ1) is 17.9. The highest BCUT2D eigenvalue weighted by Crippen LogP contribution is 2.44. The number of fused-ring (bicyclic) bond motifs is 3. The first-order valence-corrected chi connectivity index (χ1v) is 10.2. The molecule has 1 fully saturated rings. The first-order valence-electron chi connectivity index (χ1n) is 9.01. The van der Waals surface area contributed by atoms with Gasteiger partial charge in [-0.05, 0) is 34.4 Å². The number of amides is 1. The number of thioether (sulfide) groups is 1.